The Balaban J connectivity index is 1.60. The molecule has 2 bridgehead atoms. The van der Waals surface area contributed by atoms with Crippen molar-refractivity contribution < 1.29 is 9.59 Å². The number of anilines is 1. The fraction of sp³-hybridized carbons (Fsp3) is 0.412. The lowest BCUT2D eigenvalue weighted by atomic mass is 9.63. The average Bonchev–Trinajstić information content (AvgIpc) is 3.23. The third kappa shape index (κ3) is 1.53. The Morgan fingerprint density at radius 1 is 0.864 bits per heavy atom. The van der Waals surface area contributed by atoms with Gasteiger partial charge in [-0.15, -0.1) is 0 Å². The Bertz CT molecular complexity index is 703. The fourth-order valence-electron chi connectivity index (χ4n) is 4.88. The van der Waals surface area contributed by atoms with Gasteiger partial charge in [-0.25, -0.2) is 4.90 Å². The first-order valence-electron chi connectivity index (χ1n) is 7.58. The molecule has 3 fully saturated rings. The predicted molar refractivity (Wildman–Crippen MR) is 83.7 cm³/mol. The summed E-state index contributed by atoms with van der Waals surface area (Å²) in [5.74, 6) is 1.13. The minimum atomic E-state index is -0.191. The number of nitrogens with zero attached hydrogens (tertiary/aromatic N) is 1. The summed E-state index contributed by atoms with van der Waals surface area (Å²) in [4.78, 5) is 27.1. The molecule has 4 aliphatic carbocycles. The molecule has 6 atom stereocenters. The van der Waals surface area contributed by atoms with Crippen LogP contribution in [0, 0.1) is 35.5 Å². The standard InChI is InChI=1S/C17H13Cl2NO2/c18-7-3-8(19)5-9(4-7)20-16(21)14-10-1-2-11(13-6-12(10)13)15(14)17(20)22/h1-5,10-15H,6H2/t10-,11+,12+,13-,14-,15+. The van der Waals surface area contributed by atoms with Gasteiger partial charge >= 0.3 is 0 Å². The van der Waals surface area contributed by atoms with E-state index in [9.17, 15) is 9.59 Å². The summed E-state index contributed by atoms with van der Waals surface area (Å²) < 4.78 is 0. The molecular formula is C17H13Cl2NO2. The maximum Gasteiger partial charge on any atom is 0.238 e. The fourth-order valence-corrected chi connectivity index (χ4v) is 5.39. The molecule has 22 heavy (non-hydrogen) atoms. The van der Waals surface area contributed by atoms with Crippen LogP contribution >= 0.6 is 23.2 Å². The number of halogens is 2. The van der Waals surface area contributed by atoms with E-state index in [2.05, 4.69) is 12.2 Å². The summed E-state index contributed by atoms with van der Waals surface area (Å²) in [5.41, 5.74) is 0.495. The van der Waals surface area contributed by atoms with Crippen molar-refractivity contribution in [2.24, 2.45) is 35.5 Å². The van der Waals surface area contributed by atoms with Gasteiger partial charge in [0.25, 0.3) is 0 Å². The summed E-state index contributed by atoms with van der Waals surface area (Å²) >= 11 is 12.1. The molecule has 5 aliphatic rings. The summed E-state index contributed by atoms with van der Waals surface area (Å²) in [6, 6.07) is 4.87. The summed E-state index contributed by atoms with van der Waals surface area (Å²) in [5, 5.41) is 0.865. The van der Waals surface area contributed by atoms with Gasteiger partial charge < -0.3 is 0 Å². The van der Waals surface area contributed by atoms with E-state index in [1.165, 1.54) is 11.3 Å². The zero-order valence-electron chi connectivity index (χ0n) is 11.6. The van der Waals surface area contributed by atoms with Gasteiger partial charge in [-0.3, -0.25) is 9.59 Å². The van der Waals surface area contributed by atoms with Crippen molar-refractivity contribution in [2.75, 3.05) is 4.90 Å². The number of hydrogen-bond donors (Lipinski definition) is 0. The molecule has 0 N–H and O–H groups in total. The number of carbonyl (C=O) groups is 2. The second-order valence-electron chi connectivity index (χ2n) is 6.79. The van der Waals surface area contributed by atoms with Gasteiger partial charge in [0, 0.05) is 10.0 Å². The van der Waals surface area contributed by atoms with E-state index in [1.807, 2.05) is 0 Å². The molecule has 6 rings (SSSR count). The van der Waals surface area contributed by atoms with Crippen LogP contribution in [0.4, 0.5) is 5.69 Å². The van der Waals surface area contributed by atoms with Crippen LogP contribution in [0.3, 0.4) is 0 Å². The maximum absolute atomic E-state index is 12.9. The van der Waals surface area contributed by atoms with E-state index in [0.717, 1.165) is 0 Å². The topological polar surface area (TPSA) is 37.4 Å². The van der Waals surface area contributed by atoms with Gasteiger partial charge in [0.05, 0.1) is 17.5 Å². The third-order valence-electron chi connectivity index (χ3n) is 5.77. The van der Waals surface area contributed by atoms with Gasteiger partial charge in [-0.2, -0.15) is 0 Å². The molecule has 1 aromatic carbocycles. The molecule has 3 nitrogen and oxygen atoms in total. The second-order valence-corrected chi connectivity index (χ2v) is 7.67. The maximum atomic E-state index is 12.9. The van der Waals surface area contributed by atoms with E-state index in [4.69, 9.17) is 23.2 Å². The first-order chi connectivity index (χ1) is 10.6. The minimum Gasteiger partial charge on any atom is -0.274 e. The van der Waals surface area contributed by atoms with Crippen LogP contribution in [0.2, 0.25) is 10.0 Å². The molecule has 0 aromatic heterocycles. The number of amides is 2. The molecule has 0 radical (unpaired) electrons. The zero-order valence-corrected chi connectivity index (χ0v) is 13.1. The van der Waals surface area contributed by atoms with Crippen molar-refractivity contribution in [3.05, 3.63) is 40.4 Å². The molecular weight excluding hydrogens is 321 g/mol. The van der Waals surface area contributed by atoms with Crippen molar-refractivity contribution in [3.63, 3.8) is 0 Å². The van der Waals surface area contributed by atoms with Crippen LogP contribution in [0.1, 0.15) is 6.42 Å². The largest absolute Gasteiger partial charge is 0.274 e. The second kappa shape index (κ2) is 4.15. The smallest absolute Gasteiger partial charge is 0.238 e. The SMILES string of the molecule is O=C1[C@@H]2[C@@H]3C=C[C@@H]([C@H]4C[C@@H]34)[C@@H]2C(=O)N1c1cc(Cl)cc(Cl)c1. The number of allylic oxidation sites excluding steroid dienone is 2. The molecule has 2 saturated carbocycles. The number of benzene rings is 1. The van der Waals surface area contributed by atoms with Gasteiger partial charge in [-0.05, 0) is 48.3 Å². The monoisotopic (exact) mass is 333 g/mol. The lowest BCUT2D eigenvalue weighted by Crippen LogP contribution is -2.40. The molecule has 0 unspecified atom stereocenters. The Labute approximate surface area is 137 Å². The molecule has 1 aliphatic heterocycles. The van der Waals surface area contributed by atoms with E-state index in [1.54, 1.807) is 18.2 Å². The van der Waals surface area contributed by atoms with Gasteiger partial charge in [0.15, 0.2) is 0 Å². The summed E-state index contributed by atoms with van der Waals surface area (Å²) in [6.45, 7) is 0. The Hall–Kier alpha value is -1.32. The van der Waals surface area contributed by atoms with E-state index < -0.39 is 0 Å². The number of imide groups is 1. The van der Waals surface area contributed by atoms with E-state index in [0.29, 0.717) is 27.6 Å². The van der Waals surface area contributed by atoms with Gasteiger partial charge in [-0.1, -0.05) is 35.4 Å². The van der Waals surface area contributed by atoms with Crippen LogP contribution in [0.15, 0.2) is 30.4 Å². The molecule has 2 amide bonds. The van der Waals surface area contributed by atoms with E-state index in [-0.39, 0.29) is 35.5 Å². The predicted octanol–water partition coefficient (Wildman–Crippen LogP) is 3.55. The lowest BCUT2D eigenvalue weighted by molar-refractivity contribution is -0.124. The van der Waals surface area contributed by atoms with Crippen LogP contribution in [-0.4, -0.2) is 11.8 Å². The van der Waals surface area contributed by atoms with Crippen molar-refractivity contribution in [1.29, 1.82) is 0 Å². The van der Waals surface area contributed by atoms with Crippen LogP contribution in [0.25, 0.3) is 0 Å². The van der Waals surface area contributed by atoms with Gasteiger partial charge in [0.1, 0.15) is 0 Å². The Morgan fingerprint density at radius 3 is 1.86 bits per heavy atom. The number of hydrogen-bond acceptors (Lipinski definition) is 2. The Morgan fingerprint density at radius 2 is 1.36 bits per heavy atom. The highest BCUT2D eigenvalue weighted by molar-refractivity contribution is 6.35. The number of carbonyl (C=O) groups excluding carboxylic acids is 2. The van der Waals surface area contributed by atoms with Crippen LogP contribution < -0.4 is 4.90 Å². The molecule has 0 spiro atoms. The average molecular weight is 334 g/mol. The molecule has 1 aromatic rings. The van der Waals surface area contributed by atoms with Crippen molar-refractivity contribution in [3.8, 4) is 0 Å². The molecule has 5 heteroatoms. The molecule has 112 valence electrons. The van der Waals surface area contributed by atoms with Crippen LogP contribution in [0.5, 0.6) is 0 Å². The van der Waals surface area contributed by atoms with Crippen molar-refractivity contribution in [1.82, 2.24) is 0 Å². The van der Waals surface area contributed by atoms with Crippen LogP contribution in [-0.2, 0) is 9.59 Å². The first-order valence-corrected chi connectivity index (χ1v) is 8.34. The normalized spacial score (nSPS) is 40.9. The number of rotatable bonds is 1. The minimum absolute atomic E-state index is 0.0852. The van der Waals surface area contributed by atoms with E-state index >= 15 is 0 Å². The highest BCUT2D eigenvalue weighted by Gasteiger charge is 2.67. The highest BCUT2D eigenvalue weighted by atomic mass is 35.5. The summed E-state index contributed by atoms with van der Waals surface area (Å²) in [6.07, 6.45) is 5.50. The van der Waals surface area contributed by atoms with Crippen molar-refractivity contribution in [2.45, 2.75) is 6.42 Å². The quantitative estimate of drug-likeness (QED) is 0.582. The zero-order chi connectivity index (χ0) is 15.2. The van der Waals surface area contributed by atoms with Crippen molar-refractivity contribution >= 4 is 40.7 Å². The summed E-state index contributed by atoms with van der Waals surface area (Å²) in [7, 11) is 0. The van der Waals surface area contributed by atoms with Gasteiger partial charge in [0.2, 0.25) is 11.8 Å². The molecule has 1 saturated heterocycles. The lowest BCUT2D eigenvalue weighted by Gasteiger charge is -2.37. The third-order valence-corrected chi connectivity index (χ3v) is 6.20. The first kappa shape index (κ1) is 13.1. The highest BCUT2D eigenvalue weighted by Crippen LogP contribution is 2.65. The molecule has 1 heterocycles. The Kier molecular flexibility index (Phi) is 2.48.